The Morgan fingerprint density at radius 3 is 3.09 bits per heavy atom. The molecule has 2 atom stereocenters. The summed E-state index contributed by atoms with van der Waals surface area (Å²) in [4.78, 5) is 21.5. The van der Waals surface area contributed by atoms with E-state index in [1.54, 1.807) is 18.3 Å². The van der Waals surface area contributed by atoms with E-state index in [0.29, 0.717) is 30.6 Å². The summed E-state index contributed by atoms with van der Waals surface area (Å²) in [6.45, 7) is 6.24. The van der Waals surface area contributed by atoms with Gasteiger partial charge in [-0.2, -0.15) is 0 Å². The van der Waals surface area contributed by atoms with Crippen molar-refractivity contribution in [3.63, 3.8) is 0 Å². The SMILES string of the molecule is CCOc1ncccc1C(=O)N1C[C@H]2COC[C@@H]1CN(C)C2. The second kappa shape index (κ2) is 6.62. The number of hydrogen-bond acceptors (Lipinski definition) is 5. The van der Waals surface area contributed by atoms with Gasteiger partial charge in [0.2, 0.25) is 5.88 Å². The highest BCUT2D eigenvalue weighted by atomic mass is 16.5. The molecular weight excluding hydrogens is 282 g/mol. The van der Waals surface area contributed by atoms with E-state index < -0.39 is 0 Å². The van der Waals surface area contributed by atoms with Crippen LogP contribution < -0.4 is 4.74 Å². The van der Waals surface area contributed by atoms with Crippen molar-refractivity contribution in [3.8, 4) is 5.88 Å². The van der Waals surface area contributed by atoms with Crippen LogP contribution in [0.1, 0.15) is 17.3 Å². The number of amides is 1. The lowest BCUT2D eigenvalue weighted by atomic mass is 10.1. The highest BCUT2D eigenvalue weighted by molar-refractivity contribution is 5.96. The molecule has 6 nitrogen and oxygen atoms in total. The Morgan fingerprint density at radius 2 is 2.27 bits per heavy atom. The van der Waals surface area contributed by atoms with Gasteiger partial charge in [-0.1, -0.05) is 0 Å². The standard InChI is InChI=1S/C16H23N3O3/c1-3-22-15-14(5-4-6-17-15)16(20)19-8-12-7-18(2)9-13(19)11-21-10-12/h4-6,12-13H,3,7-11H2,1-2H3/t12-,13-/m0/s1. The molecule has 2 saturated heterocycles. The van der Waals surface area contributed by atoms with Crippen LogP contribution in [0.3, 0.4) is 0 Å². The van der Waals surface area contributed by atoms with Crippen LogP contribution in [0.2, 0.25) is 0 Å². The number of carbonyl (C=O) groups excluding carboxylic acids is 1. The molecule has 2 fully saturated rings. The fraction of sp³-hybridized carbons (Fsp3) is 0.625. The first-order chi connectivity index (χ1) is 10.7. The smallest absolute Gasteiger partial charge is 0.259 e. The molecule has 1 aromatic heterocycles. The average Bonchev–Trinajstić information content (AvgIpc) is 2.77. The number of hydrogen-bond donors (Lipinski definition) is 0. The minimum absolute atomic E-state index is 0.00708. The number of pyridine rings is 1. The molecule has 120 valence electrons. The molecule has 0 aliphatic carbocycles. The summed E-state index contributed by atoms with van der Waals surface area (Å²) in [5, 5.41) is 0. The van der Waals surface area contributed by atoms with Crippen LogP contribution in [-0.2, 0) is 4.74 Å². The lowest BCUT2D eigenvalue weighted by Gasteiger charge is -2.30. The summed E-state index contributed by atoms with van der Waals surface area (Å²) in [6.07, 6.45) is 1.65. The third-order valence-electron chi connectivity index (χ3n) is 4.20. The van der Waals surface area contributed by atoms with E-state index in [4.69, 9.17) is 9.47 Å². The first-order valence-electron chi connectivity index (χ1n) is 7.84. The van der Waals surface area contributed by atoms with Gasteiger partial charge in [-0.3, -0.25) is 4.79 Å². The Balaban J connectivity index is 1.88. The summed E-state index contributed by atoms with van der Waals surface area (Å²) >= 11 is 0. The van der Waals surface area contributed by atoms with Crippen molar-refractivity contribution >= 4 is 5.91 Å². The monoisotopic (exact) mass is 305 g/mol. The maximum absolute atomic E-state index is 13.0. The van der Waals surface area contributed by atoms with E-state index in [1.807, 2.05) is 11.8 Å². The summed E-state index contributed by atoms with van der Waals surface area (Å²) in [6, 6.07) is 3.65. The molecule has 0 unspecified atom stereocenters. The van der Waals surface area contributed by atoms with Gasteiger partial charge in [0, 0.05) is 31.7 Å². The molecule has 1 amide bonds. The fourth-order valence-corrected chi connectivity index (χ4v) is 3.29. The molecule has 2 aliphatic rings. The van der Waals surface area contributed by atoms with Crippen molar-refractivity contribution in [2.75, 3.05) is 46.5 Å². The van der Waals surface area contributed by atoms with Crippen LogP contribution in [0, 0.1) is 5.92 Å². The molecule has 0 N–H and O–H groups in total. The van der Waals surface area contributed by atoms with Gasteiger partial charge >= 0.3 is 0 Å². The van der Waals surface area contributed by atoms with E-state index in [2.05, 4.69) is 16.9 Å². The third-order valence-corrected chi connectivity index (χ3v) is 4.20. The summed E-state index contributed by atoms with van der Waals surface area (Å²) in [5.41, 5.74) is 0.541. The number of likely N-dealkylation sites (N-methyl/N-ethyl adjacent to an activating group) is 1. The number of fused-ring (bicyclic) bond motifs is 3. The molecule has 2 bridgehead atoms. The maximum atomic E-state index is 13.0. The third kappa shape index (κ3) is 3.08. The highest BCUT2D eigenvalue weighted by Gasteiger charge is 2.36. The molecule has 6 heteroatoms. The van der Waals surface area contributed by atoms with Crippen molar-refractivity contribution in [1.29, 1.82) is 0 Å². The fourth-order valence-electron chi connectivity index (χ4n) is 3.29. The van der Waals surface area contributed by atoms with Crippen molar-refractivity contribution < 1.29 is 14.3 Å². The van der Waals surface area contributed by atoms with E-state index >= 15 is 0 Å². The predicted molar refractivity (Wildman–Crippen MR) is 82.0 cm³/mol. The van der Waals surface area contributed by atoms with E-state index in [1.165, 1.54) is 0 Å². The Hall–Kier alpha value is -1.66. The molecule has 3 rings (SSSR count). The van der Waals surface area contributed by atoms with Gasteiger partial charge in [0.05, 0.1) is 25.9 Å². The van der Waals surface area contributed by atoms with Crippen LogP contribution in [0.15, 0.2) is 18.3 Å². The first-order valence-corrected chi connectivity index (χ1v) is 7.84. The Labute approximate surface area is 131 Å². The molecule has 2 aliphatic heterocycles. The van der Waals surface area contributed by atoms with Crippen LogP contribution in [0.25, 0.3) is 0 Å². The molecule has 0 radical (unpaired) electrons. The average molecular weight is 305 g/mol. The van der Waals surface area contributed by atoms with Gasteiger partial charge in [0.1, 0.15) is 5.56 Å². The van der Waals surface area contributed by atoms with Crippen molar-refractivity contribution in [2.24, 2.45) is 5.92 Å². The second-order valence-corrected chi connectivity index (χ2v) is 6.03. The van der Waals surface area contributed by atoms with Crippen LogP contribution in [0.5, 0.6) is 5.88 Å². The first kappa shape index (κ1) is 15.2. The highest BCUT2D eigenvalue weighted by Crippen LogP contribution is 2.24. The van der Waals surface area contributed by atoms with Crippen LogP contribution in [-0.4, -0.2) is 73.2 Å². The predicted octanol–water partition coefficient (Wildman–Crippen LogP) is 0.883. The van der Waals surface area contributed by atoms with Gasteiger partial charge in [-0.15, -0.1) is 0 Å². The van der Waals surface area contributed by atoms with Crippen molar-refractivity contribution in [3.05, 3.63) is 23.9 Å². The Kier molecular flexibility index (Phi) is 4.59. The minimum atomic E-state index is -0.00708. The van der Waals surface area contributed by atoms with Crippen LogP contribution >= 0.6 is 0 Å². The van der Waals surface area contributed by atoms with Crippen molar-refractivity contribution in [1.82, 2.24) is 14.8 Å². The van der Waals surface area contributed by atoms with E-state index in [0.717, 1.165) is 26.2 Å². The number of carbonyl (C=O) groups is 1. The lowest BCUT2D eigenvalue weighted by Crippen LogP contribution is -2.46. The molecule has 1 aromatic rings. The number of ether oxygens (including phenoxy) is 2. The van der Waals surface area contributed by atoms with E-state index in [9.17, 15) is 4.79 Å². The molecule has 3 heterocycles. The lowest BCUT2D eigenvalue weighted by molar-refractivity contribution is 0.0481. The largest absolute Gasteiger partial charge is 0.477 e. The molecule has 0 spiro atoms. The number of nitrogens with zero attached hydrogens (tertiary/aromatic N) is 3. The topological polar surface area (TPSA) is 54.9 Å². The Bertz CT molecular complexity index is 537. The summed E-state index contributed by atoms with van der Waals surface area (Å²) in [5.74, 6) is 0.768. The number of aromatic nitrogens is 1. The quantitative estimate of drug-likeness (QED) is 0.830. The molecule has 0 aromatic carbocycles. The Morgan fingerprint density at radius 1 is 1.41 bits per heavy atom. The van der Waals surface area contributed by atoms with Gasteiger partial charge < -0.3 is 19.3 Å². The zero-order valence-corrected chi connectivity index (χ0v) is 13.2. The summed E-state index contributed by atoms with van der Waals surface area (Å²) < 4.78 is 11.2. The number of rotatable bonds is 3. The second-order valence-electron chi connectivity index (χ2n) is 6.03. The summed E-state index contributed by atoms with van der Waals surface area (Å²) in [7, 11) is 2.11. The van der Waals surface area contributed by atoms with E-state index in [-0.39, 0.29) is 11.9 Å². The minimum Gasteiger partial charge on any atom is -0.477 e. The van der Waals surface area contributed by atoms with Gasteiger partial charge in [0.25, 0.3) is 5.91 Å². The zero-order valence-electron chi connectivity index (χ0n) is 13.2. The molecular formula is C16H23N3O3. The molecule has 0 saturated carbocycles. The maximum Gasteiger partial charge on any atom is 0.259 e. The van der Waals surface area contributed by atoms with Gasteiger partial charge in [-0.25, -0.2) is 4.98 Å². The normalized spacial score (nSPS) is 25.6. The van der Waals surface area contributed by atoms with Gasteiger partial charge in [-0.05, 0) is 26.1 Å². The van der Waals surface area contributed by atoms with Crippen molar-refractivity contribution in [2.45, 2.75) is 13.0 Å². The van der Waals surface area contributed by atoms with Crippen LogP contribution in [0.4, 0.5) is 0 Å². The molecule has 22 heavy (non-hydrogen) atoms. The zero-order chi connectivity index (χ0) is 15.5. The van der Waals surface area contributed by atoms with Gasteiger partial charge in [0.15, 0.2) is 0 Å².